The minimum atomic E-state index is -0.115. The summed E-state index contributed by atoms with van der Waals surface area (Å²) in [5.74, 6) is 0. The highest BCUT2D eigenvalue weighted by Crippen LogP contribution is 2.23. The average Bonchev–Trinajstić information content (AvgIpc) is 2.27. The lowest BCUT2D eigenvalue weighted by Gasteiger charge is -2.03. The average molecular weight is 193 g/mol. The summed E-state index contributed by atoms with van der Waals surface area (Å²) in [6.07, 6.45) is 0. The van der Waals surface area contributed by atoms with Crippen LogP contribution in [0.3, 0.4) is 0 Å². The normalized spacial score (nSPS) is 8.00. The third-order valence-corrected chi connectivity index (χ3v) is 1.83. The van der Waals surface area contributed by atoms with Gasteiger partial charge in [-0.25, -0.2) is 0 Å². The lowest BCUT2D eigenvalue weighted by molar-refractivity contribution is 1.38. The molecule has 0 fully saturated rings. The van der Waals surface area contributed by atoms with Crippen LogP contribution >= 0.6 is 0 Å². The highest BCUT2D eigenvalue weighted by molar-refractivity contribution is 5.73. The number of hydrogen-bond donors (Lipinski definition) is 1. The van der Waals surface area contributed by atoms with E-state index in [0.29, 0.717) is 0 Å². The number of rotatable bonds is 0. The molecule has 2 N–H and O–H groups in total. The van der Waals surface area contributed by atoms with Gasteiger partial charge in [0, 0.05) is 0 Å². The predicted octanol–water partition coefficient (Wildman–Crippen LogP) is 0.756. The van der Waals surface area contributed by atoms with Gasteiger partial charge in [0.15, 0.2) is 0 Å². The van der Waals surface area contributed by atoms with Crippen molar-refractivity contribution in [1.82, 2.24) is 0 Å². The standard InChI is InChI=1S/C10H3N5/c11-2-6-1-7(3-12)9(5-14)10(15)8(6)4-13/h1H,15H2. The molecule has 15 heavy (non-hydrogen) atoms. The van der Waals surface area contributed by atoms with Crippen LogP contribution in [0.15, 0.2) is 6.07 Å². The van der Waals surface area contributed by atoms with Gasteiger partial charge in [-0.2, -0.15) is 21.0 Å². The Balaban J connectivity index is 3.80. The van der Waals surface area contributed by atoms with Crippen molar-refractivity contribution < 1.29 is 0 Å². The molecule has 0 aliphatic heterocycles. The van der Waals surface area contributed by atoms with E-state index in [2.05, 4.69) is 0 Å². The zero-order chi connectivity index (χ0) is 11.4. The molecule has 0 saturated heterocycles. The van der Waals surface area contributed by atoms with E-state index in [9.17, 15) is 0 Å². The van der Waals surface area contributed by atoms with Crippen LogP contribution in [0.2, 0.25) is 0 Å². The number of benzene rings is 1. The number of nitrogen functional groups attached to an aromatic ring is 1. The highest BCUT2D eigenvalue weighted by Gasteiger charge is 2.15. The molecule has 0 aromatic heterocycles. The van der Waals surface area contributed by atoms with E-state index in [1.165, 1.54) is 6.07 Å². The van der Waals surface area contributed by atoms with Crippen LogP contribution in [0.4, 0.5) is 5.69 Å². The van der Waals surface area contributed by atoms with E-state index in [1.54, 1.807) is 24.3 Å². The number of hydrogen-bond acceptors (Lipinski definition) is 5. The van der Waals surface area contributed by atoms with Crippen LogP contribution in [0, 0.1) is 45.3 Å². The van der Waals surface area contributed by atoms with E-state index < -0.39 is 0 Å². The summed E-state index contributed by atoms with van der Waals surface area (Å²) in [5, 5.41) is 34.9. The second-order valence-electron chi connectivity index (χ2n) is 2.58. The lowest BCUT2D eigenvalue weighted by Crippen LogP contribution is -2.00. The fourth-order valence-corrected chi connectivity index (χ4v) is 1.12. The topological polar surface area (TPSA) is 121 Å². The quantitative estimate of drug-likeness (QED) is 0.609. The summed E-state index contributed by atoms with van der Waals surface area (Å²) in [6, 6.07) is 8.15. The van der Waals surface area contributed by atoms with Gasteiger partial charge in [0.05, 0.1) is 27.9 Å². The van der Waals surface area contributed by atoms with E-state index in [1.807, 2.05) is 0 Å². The van der Waals surface area contributed by atoms with Crippen molar-refractivity contribution in [1.29, 1.82) is 21.0 Å². The maximum atomic E-state index is 8.74. The molecule has 0 bridgehead atoms. The molecule has 0 saturated carbocycles. The summed E-state index contributed by atoms with van der Waals surface area (Å²) < 4.78 is 0. The molecule has 0 spiro atoms. The van der Waals surface area contributed by atoms with Crippen LogP contribution in [-0.2, 0) is 0 Å². The monoisotopic (exact) mass is 193 g/mol. The fraction of sp³-hybridized carbons (Fsp3) is 0. The van der Waals surface area contributed by atoms with Crippen LogP contribution in [0.1, 0.15) is 22.3 Å². The van der Waals surface area contributed by atoms with Gasteiger partial charge in [-0.05, 0) is 6.07 Å². The van der Waals surface area contributed by atoms with E-state index >= 15 is 0 Å². The van der Waals surface area contributed by atoms with Crippen LogP contribution in [0.5, 0.6) is 0 Å². The Hall–Kier alpha value is -3.02. The SMILES string of the molecule is N#Cc1cc(C#N)c(C#N)c(N)c1C#N. The van der Waals surface area contributed by atoms with Crippen molar-refractivity contribution in [2.75, 3.05) is 5.73 Å². The van der Waals surface area contributed by atoms with Crippen LogP contribution < -0.4 is 5.73 Å². The van der Waals surface area contributed by atoms with Crippen molar-refractivity contribution in [2.45, 2.75) is 0 Å². The Bertz CT molecular complexity index is 536. The first kappa shape index (κ1) is 10.1. The molecule has 0 atom stereocenters. The fourth-order valence-electron chi connectivity index (χ4n) is 1.12. The summed E-state index contributed by atoms with van der Waals surface area (Å²) in [7, 11) is 0. The zero-order valence-corrected chi connectivity index (χ0v) is 7.44. The lowest BCUT2D eigenvalue weighted by atomic mass is 9.98. The van der Waals surface area contributed by atoms with Gasteiger partial charge in [-0.1, -0.05) is 0 Å². The first-order valence-corrected chi connectivity index (χ1v) is 3.76. The predicted molar refractivity (Wildman–Crippen MR) is 49.7 cm³/mol. The minimum Gasteiger partial charge on any atom is -0.397 e. The molecule has 1 aromatic carbocycles. The van der Waals surface area contributed by atoms with E-state index in [4.69, 9.17) is 26.8 Å². The summed E-state index contributed by atoms with van der Waals surface area (Å²) in [4.78, 5) is 0. The van der Waals surface area contributed by atoms with Crippen LogP contribution in [0.25, 0.3) is 0 Å². The van der Waals surface area contributed by atoms with E-state index in [-0.39, 0.29) is 27.9 Å². The number of nitriles is 4. The molecular weight excluding hydrogens is 190 g/mol. The van der Waals surface area contributed by atoms with Gasteiger partial charge in [0.2, 0.25) is 0 Å². The van der Waals surface area contributed by atoms with Crippen LogP contribution in [-0.4, -0.2) is 0 Å². The van der Waals surface area contributed by atoms with Crippen molar-refractivity contribution in [3.8, 4) is 24.3 Å². The van der Waals surface area contributed by atoms with Crippen molar-refractivity contribution in [2.24, 2.45) is 0 Å². The Kier molecular flexibility index (Phi) is 2.54. The number of anilines is 1. The largest absolute Gasteiger partial charge is 0.397 e. The van der Waals surface area contributed by atoms with Gasteiger partial charge in [0.25, 0.3) is 0 Å². The minimum absolute atomic E-state index is 0.00514. The van der Waals surface area contributed by atoms with E-state index in [0.717, 1.165) is 0 Å². The molecular formula is C10H3N5. The summed E-state index contributed by atoms with van der Waals surface area (Å²) in [5.41, 5.74) is 5.28. The van der Waals surface area contributed by atoms with Gasteiger partial charge in [-0.3, -0.25) is 0 Å². The number of nitrogens with zero attached hydrogens (tertiary/aromatic N) is 4. The molecule has 5 nitrogen and oxygen atoms in total. The molecule has 68 valence electrons. The Morgan fingerprint density at radius 2 is 1.20 bits per heavy atom. The second kappa shape index (κ2) is 3.79. The molecule has 1 aromatic rings. The molecule has 0 radical (unpaired) electrons. The molecule has 0 amide bonds. The van der Waals surface area contributed by atoms with Gasteiger partial charge < -0.3 is 5.73 Å². The maximum Gasteiger partial charge on any atom is 0.103 e. The van der Waals surface area contributed by atoms with Gasteiger partial charge in [0.1, 0.15) is 24.3 Å². The molecule has 0 heterocycles. The molecule has 1 rings (SSSR count). The Labute approximate surface area is 85.8 Å². The smallest absolute Gasteiger partial charge is 0.103 e. The van der Waals surface area contributed by atoms with Gasteiger partial charge in [-0.15, -0.1) is 0 Å². The summed E-state index contributed by atoms with van der Waals surface area (Å²) in [6.45, 7) is 0. The van der Waals surface area contributed by atoms with Gasteiger partial charge >= 0.3 is 0 Å². The number of nitrogens with two attached hydrogens (primary N) is 1. The first-order valence-electron chi connectivity index (χ1n) is 3.76. The van der Waals surface area contributed by atoms with Crippen molar-refractivity contribution in [3.63, 3.8) is 0 Å². The van der Waals surface area contributed by atoms with Crippen molar-refractivity contribution >= 4 is 5.69 Å². The third-order valence-electron chi connectivity index (χ3n) is 1.83. The zero-order valence-electron chi connectivity index (χ0n) is 7.44. The highest BCUT2D eigenvalue weighted by atomic mass is 14.6. The third kappa shape index (κ3) is 1.42. The Morgan fingerprint density at radius 3 is 1.47 bits per heavy atom. The Morgan fingerprint density at radius 1 is 0.800 bits per heavy atom. The molecule has 0 unspecified atom stereocenters. The van der Waals surface area contributed by atoms with Crippen molar-refractivity contribution in [3.05, 3.63) is 28.3 Å². The summed E-state index contributed by atoms with van der Waals surface area (Å²) >= 11 is 0. The second-order valence-corrected chi connectivity index (χ2v) is 2.58. The molecule has 0 aliphatic rings. The molecule has 5 heteroatoms. The first-order chi connectivity index (χ1) is 7.19. The molecule has 0 aliphatic carbocycles. The maximum absolute atomic E-state index is 8.74.